The first kappa shape index (κ1) is 15.0. The Hall–Kier alpha value is -2.35. The number of carbonyl (C=O) groups is 1. The van der Waals surface area contributed by atoms with Crippen LogP contribution in [0.5, 0.6) is 0 Å². The molecule has 2 N–H and O–H groups in total. The van der Waals surface area contributed by atoms with E-state index >= 15 is 0 Å². The van der Waals surface area contributed by atoms with Gasteiger partial charge in [-0.25, -0.2) is 4.39 Å². The number of anilines is 1. The van der Waals surface area contributed by atoms with E-state index in [0.29, 0.717) is 16.8 Å². The van der Waals surface area contributed by atoms with Gasteiger partial charge in [0, 0.05) is 5.56 Å². The zero-order valence-electron chi connectivity index (χ0n) is 10.9. The van der Waals surface area contributed by atoms with Crippen molar-refractivity contribution >= 4 is 23.2 Å². The number of hydrogen-bond acceptors (Lipinski definition) is 2. The predicted octanol–water partition coefficient (Wildman–Crippen LogP) is 3.08. The van der Waals surface area contributed by atoms with Crippen molar-refractivity contribution in [3.63, 3.8) is 0 Å². The van der Waals surface area contributed by atoms with Crippen molar-refractivity contribution in [3.8, 4) is 11.8 Å². The number of aliphatic hydroxyl groups excluding tert-OH is 1. The lowest BCUT2D eigenvalue weighted by Crippen LogP contribution is -2.13. The van der Waals surface area contributed by atoms with Gasteiger partial charge in [0.2, 0.25) is 0 Å². The van der Waals surface area contributed by atoms with Crippen molar-refractivity contribution in [1.29, 1.82) is 0 Å². The van der Waals surface area contributed by atoms with Crippen LogP contribution in [-0.2, 0) is 0 Å². The Bertz CT molecular complexity index is 735. The van der Waals surface area contributed by atoms with E-state index in [2.05, 4.69) is 17.2 Å². The summed E-state index contributed by atoms with van der Waals surface area (Å²) in [6, 6.07) is 10.4. The van der Waals surface area contributed by atoms with Gasteiger partial charge in [0.15, 0.2) is 0 Å². The van der Waals surface area contributed by atoms with E-state index in [1.807, 2.05) is 0 Å². The van der Waals surface area contributed by atoms with E-state index in [1.165, 1.54) is 12.1 Å². The lowest BCUT2D eigenvalue weighted by Gasteiger charge is -2.08. The molecule has 2 rings (SSSR count). The Morgan fingerprint density at radius 2 is 2.05 bits per heavy atom. The molecular formula is C16H11ClFNO2. The molecule has 0 heterocycles. The fourth-order valence-electron chi connectivity index (χ4n) is 1.71. The molecule has 2 aromatic carbocycles. The molecule has 0 bridgehead atoms. The summed E-state index contributed by atoms with van der Waals surface area (Å²) in [4.78, 5) is 12.2. The first-order valence-electron chi connectivity index (χ1n) is 6.07. The molecule has 21 heavy (non-hydrogen) atoms. The highest BCUT2D eigenvalue weighted by molar-refractivity contribution is 6.33. The van der Waals surface area contributed by atoms with Gasteiger partial charge in [0.25, 0.3) is 5.91 Å². The number of hydrogen-bond donors (Lipinski definition) is 2. The van der Waals surface area contributed by atoms with Gasteiger partial charge < -0.3 is 10.4 Å². The first-order chi connectivity index (χ1) is 10.1. The minimum atomic E-state index is -0.479. The molecule has 0 unspecified atom stereocenters. The summed E-state index contributed by atoms with van der Waals surface area (Å²) in [7, 11) is 0. The van der Waals surface area contributed by atoms with Gasteiger partial charge in [-0.2, -0.15) is 0 Å². The molecular weight excluding hydrogens is 293 g/mol. The van der Waals surface area contributed by atoms with Gasteiger partial charge in [-0.15, -0.1) is 0 Å². The normalized spacial score (nSPS) is 9.67. The highest BCUT2D eigenvalue weighted by atomic mass is 35.5. The second-order valence-corrected chi connectivity index (χ2v) is 4.49. The minimum Gasteiger partial charge on any atom is -0.384 e. The zero-order valence-corrected chi connectivity index (χ0v) is 11.6. The predicted molar refractivity (Wildman–Crippen MR) is 79.8 cm³/mol. The first-order valence-corrected chi connectivity index (χ1v) is 6.45. The summed E-state index contributed by atoms with van der Waals surface area (Å²) in [5.41, 5.74) is 1.15. The molecule has 1 amide bonds. The quantitative estimate of drug-likeness (QED) is 0.838. The van der Waals surface area contributed by atoms with Crippen molar-refractivity contribution in [2.75, 3.05) is 11.9 Å². The van der Waals surface area contributed by atoms with Gasteiger partial charge in [-0.05, 0) is 30.3 Å². The molecule has 0 spiro atoms. The molecule has 2 aromatic rings. The van der Waals surface area contributed by atoms with E-state index in [9.17, 15) is 9.18 Å². The molecule has 3 nitrogen and oxygen atoms in total. The number of aliphatic hydroxyl groups is 1. The molecule has 0 aliphatic carbocycles. The van der Waals surface area contributed by atoms with Crippen LogP contribution < -0.4 is 5.32 Å². The van der Waals surface area contributed by atoms with Crippen molar-refractivity contribution in [2.45, 2.75) is 0 Å². The molecule has 0 saturated heterocycles. The van der Waals surface area contributed by atoms with Gasteiger partial charge >= 0.3 is 0 Å². The molecule has 0 fully saturated rings. The largest absolute Gasteiger partial charge is 0.384 e. The van der Waals surface area contributed by atoms with Gasteiger partial charge in [0.1, 0.15) is 12.4 Å². The molecule has 0 atom stereocenters. The van der Waals surface area contributed by atoms with Crippen LogP contribution in [0.1, 0.15) is 15.9 Å². The van der Waals surface area contributed by atoms with Crippen LogP contribution in [0.25, 0.3) is 0 Å². The second-order valence-electron chi connectivity index (χ2n) is 4.08. The Labute approximate surface area is 126 Å². The Kier molecular flexibility index (Phi) is 4.94. The summed E-state index contributed by atoms with van der Waals surface area (Å²) in [6.45, 7) is -0.292. The van der Waals surface area contributed by atoms with Crippen LogP contribution in [0.2, 0.25) is 5.02 Å². The second kappa shape index (κ2) is 6.89. The Balaban J connectivity index is 2.28. The van der Waals surface area contributed by atoms with Crippen molar-refractivity contribution in [3.05, 3.63) is 64.4 Å². The van der Waals surface area contributed by atoms with Crippen LogP contribution >= 0.6 is 11.6 Å². The van der Waals surface area contributed by atoms with Crippen molar-refractivity contribution in [2.24, 2.45) is 0 Å². The molecule has 5 heteroatoms. The fraction of sp³-hybridized carbons (Fsp3) is 0.0625. The maximum absolute atomic E-state index is 13.0. The topological polar surface area (TPSA) is 49.3 Å². The summed E-state index contributed by atoms with van der Waals surface area (Å²) < 4.78 is 13.0. The minimum absolute atomic E-state index is 0.113. The molecule has 0 aliphatic heterocycles. The summed E-state index contributed by atoms with van der Waals surface area (Å²) in [5.74, 6) is 4.30. The van der Waals surface area contributed by atoms with Crippen molar-refractivity contribution < 1.29 is 14.3 Å². The van der Waals surface area contributed by atoms with Crippen LogP contribution in [0.4, 0.5) is 10.1 Å². The number of rotatable bonds is 2. The van der Waals surface area contributed by atoms with Crippen LogP contribution in [0.3, 0.4) is 0 Å². The lowest BCUT2D eigenvalue weighted by atomic mass is 10.1. The Morgan fingerprint density at radius 3 is 2.76 bits per heavy atom. The van der Waals surface area contributed by atoms with Crippen LogP contribution in [0.15, 0.2) is 42.5 Å². The zero-order chi connectivity index (χ0) is 15.2. The molecule has 0 aliphatic rings. The number of halogens is 2. The van der Waals surface area contributed by atoms with Gasteiger partial charge in [-0.3, -0.25) is 4.79 Å². The third-order valence-electron chi connectivity index (χ3n) is 2.65. The third-order valence-corrected chi connectivity index (χ3v) is 2.97. The molecule has 106 valence electrons. The SMILES string of the molecule is O=C(Nc1ccc(F)cc1Cl)c1ccccc1C#CCO. The van der Waals surface area contributed by atoms with Crippen LogP contribution in [0, 0.1) is 17.7 Å². The third kappa shape index (κ3) is 3.82. The number of carbonyl (C=O) groups excluding carboxylic acids is 1. The fourth-order valence-corrected chi connectivity index (χ4v) is 1.92. The van der Waals surface area contributed by atoms with Gasteiger partial charge in [-0.1, -0.05) is 35.6 Å². The highest BCUT2D eigenvalue weighted by Crippen LogP contribution is 2.23. The smallest absolute Gasteiger partial charge is 0.256 e. The summed E-state index contributed by atoms with van der Waals surface area (Å²) in [5, 5.41) is 11.4. The number of benzene rings is 2. The van der Waals surface area contributed by atoms with E-state index in [1.54, 1.807) is 24.3 Å². The number of nitrogens with one attached hydrogen (secondary N) is 1. The molecule has 0 saturated carbocycles. The van der Waals surface area contributed by atoms with E-state index < -0.39 is 11.7 Å². The average Bonchev–Trinajstić information content (AvgIpc) is 2.48. The molecule has 0 radical (unpaired) electrons. The average molecular weight is 304 g/mol. The van der Waals surface area contributed by atoms with E-state index in [0.717, 1.165) is 6.07 Å². The standard InChI is InChI=1S/C16H11ClFNO2/c17-14-10-12(18)7-8-15(14)19-16(21)13-6-2-1-4-11(13)5-3-9-20/h1-2,4,6-8,10,20H,9H2,(H,19,21). The maximum Gasteiger partial charge on any atom is 0.256 e. The summed E-state index contributed by atoms with van der Waals surface area (Å²) in [6.07, 6.45) is 0. The summed E-state index contributed by atoms with van der Waals surface area (Å²) >= 11 is 5.87. The molecule has 0 aromatic heterocycles. The monoisotopic (exact) mass is 303 g/mol. The highest BCUT2D eigenvalue weighted by Gasteiger charge is 2.12. The van der Waals surface area contributed by atoms with Crippen molar-refractivity contribution in [1.82, 2.24) is 0 Å². The Morgan fingerprint density at radius 1 is 1.29 bits per heavy atom. The lowest BCUT2D eigenvalue weighted by molar-refractivity contribution is 0.102. The maximum atomic E-state index is 13.0. The van der Waals surface area contributed by atoms with E-state index in [4.69, 9.17) is 16.7 Å². The van der Waals surface area contributed by atoms with Gasteiger partial charge in [0.05, 0.1) is 16.3 Å². The van der Waals surface area contributed by atoms with E-state index in [-0.39, 0.29) is 11.6 Å². The van der Waals surface area contributed by atoms with Crippen LogP contribution in [-0.4, -0.2) is 17.6 Å². The number of amides is 1.